The van der Waals surface area contributed by atoms with Crippen LogP contribution in [0.3, 0.4) is 0 Å². The zero-order valence-corrected chi connectivity index (χ0v) is 22.6. The van der Waals surface area contributed by atoms with Gasteiger partial charge >= 0.3 is 6.03 Å². The van der Waals surface area contributed by atoms with Crippen molar-refractivity contribution < 1.29 is 18.5 Å². The maximum absolute atomic E-state index is 13.3. The number of carbonyl (C=O) groups is 2. The van der Waals surface area contributed by atoms with Crippen molar-refractivity contribution in [1.82, 2.24) is 19.8 Å². The molecule has 3 amide bonds. The van der Waals surface area contributed by atoms with E-state index in [0.29, 0.717) is 61.4 Å². The van der Waals surface area contributed by atoms with Crippen molar-refractivity contribution in [3.05, 3.63) is 35.0 Å². The van der Waals surface area contributed by atoms with Crippen molar-refractivity contribution >= 4 is 40.1 Å². The average molecular weight is 541 g/mol. The van der Waals surface area contributed by atoms with Crippen molar-refractivity contribution in [2.75, 3.05) is 74.4 Å². The van der Waals surface area contributed by atoms with Crippen LogP contribution in [0.2, 0.25) is 0 Å². The third kappa shape index (κ3) is 6.38. The molecule has 1 unspecified atom stereocenters. The maximum Gasteiger partial charge on any atom is 0.328 e. The summed E-state index contributed by atoms with van der Waals surface area (Å²) in [7, 11) is 2.48. The quantitative estimate of drug-likeness (QED) is 0.508. The van der Waals surface area contributed by atoms with Crippen molar-refractivity contribution in [2.45, 2.75) is 19.4 Å². The van der Waals surface area contributed by atoms with Crippen LogP contribution in [0.4, 0.5) is 22.1 Å². The second-order valence-electron chi connectivity index (χ2n) is 9.31. The monoisotopic (exact) mass is 540 g/mol. The van der Waals surface area contributed by atoms with E-state index in [-0.39, 0.29) is 11.7 Å². The molecule has 13 heteroatoms. The van der Waals surface area contributed by atoms with Gasteiger partial charge in [0.25, 0.3) is 0 Å². The largest absolute Gasteiger partial charge is 0.481 e. The molecule has 1 fully saturated rings. The van der Waals surface area contributed by atoms with Crippen molar-refractivity contribution in [3.63, 3.8) is 0 Å². The summed E-state index contributed by atoms with van der Waals surface area (Å²) in [5, 5.41) is 15.3. The van der Waals surface area contributed by atoms with Gasteiger partial charge in [-0.1, -0.05) is 0 Å². The lowest BCUT2D eigenvalue weighted by molar-refractivity contribution is -0.136. The summed E-state index contributed by atoms with van der Waals surface area (Å²) in [6, 6.07) is 5.23. The van der Waals surface area contributed by atoms with E-state index in [1.165, 1.54) is 13.3 Å². The van der Waals surface area contributed by atoms with Gasteiger partial charge in [0.2, 0.25) is 11.8 Å². The second kappa shape index (κ2) is 12.2. The Labute approximate surface area is 224 Å². The number of hydrogen-bond acceptors (Lipinski definition) is 9. The summed E-state index contributed by atoms with van der Waals surface area (Å²) >= 11 is 0. The molecule has 0 aromatic carbocycles. The van der Waals surface area contributed by atoms with Crippen molar-refractivity contribution in [3.8, 4) is 11.9 Å². The minimum atomic E-state index is -0.973. The normalized spacial score (nSPS) is 16.4. The topological polar surface area (TPSA) is 144 Å². The van der Waals surface area contributed by atoms with Gasteiger partial charge in [0, 0.05) is 66.8 Å². The Morgan fingerprint density at radius 2 is 2.11 bits per heavy atom. The predicted molar refractivity (Wildman–Crippen MR) is 145 cm³/mol. The molecule has 2 aliphatic rings. The van der Waals surface area contributed by atoms with Crippen LogP contribution in [-0.2, 0) is 28.6 Å². The lowest BCUT2D eigenvalue weighted by Crippen LogP contribution is -2.48. The number of pyridine rings is 2. The molecule has 38 heavy (non-hydrogen) atoms. The Bertz CT molecular complexity index is 1280. The summed E-state index contributed by atoms with van der Waals surface area (Å²) in [6.07, 6.45) is 4.50. The Morgan fingerprint density at radius 3 is 2.82 bits per heavy atom. The van der Waals surface area contributed by atoms with Crippen LogP contribution in [0.25, 0.3) is 0 Å². The second-order valence-corrected chi connectivity index (χ2v) is 10.9. The van der Waals surface area contributed by atoms with Gasteiger partial charge in [-0.15, -0.1) is 0 Å². The van der Waals surface area contributed by atoms with Crippen molar-refractivity contribution in [2.24, 2.45) is 0 Å². The van der Waals surface area contributed by atoms with Crippen LogP contribution in [0.1, 0.15) is 23.1 Å². The summed E-state index contributed by atoms with van der Waals surface area (Å²) in [4.78, 5) is 40.0. The Kier molecular flexibility index (Phi) is 8.75. The molecule has 1 atom stereocenters. The molecule has 0 saturated carbocycles. The minimum Gasteiger partial charge on any atom is -0.481 e. The highest BCUT2D eigenvalue weighted by molar-refractivity contribution is 7.84. The molecule has 12 nitrogen and oxygen atoms in total. The first-order valence-electron chi connectivity index (χ1n) is 12.3. The average Bonchev–Trinajstić information content (AvgIpc) is 2.89. The molecule has 0 spiro atoms. The molecule has 4 rings (SSSR count). The fraction of sp³-hybridized carbons (Fsp3) is 0.480. The van der Waals surface area contributed by atoms with Crippen LogP contribution in [-0.4, -0.2) is 94.8 Å². The minimum absolute atomic E-state index is 0.0614. The molecule has 2 aromatic rings. The molecule has 0 radical (unpaired) electrons. The van der Waals surface area contributed by atoms with Crippen LogP contribution in [0.5, 0.6) is 5.88 Å². The molecule has 2 aromatic heterocycles. The lowest BCUT2D eigenvalue weighted by Gasteiger charge is -2.33. The highest BCUT2D eigenvalue weighted by Gasteiger charge is 2.28. The fourth-order valence-corrected chi connectivity index (χ4v) is 4.87. The Morgan fingerprint density at radius 1 is 1.29 bits per heavy atom. The zero-order chi connectivity index (χ0) is 27.2. The third-order valence-electron chi connectivity index (χ3n) is 6.47. The number of nitrogens with one attached hydrogen (secondary N) is 2. The zero-order valence-electron chi connectivity index (χ0n) is 21.8. The number of nitrogens with zero attached hydrogens (tertiary/aromatic N) is 6. The maximum atomic E-state index is 13.3. The highest BCUT2D eigenvalue weighted by atomic mass is 32.2. The van der Waals surface area contributed by atoms with Crippen LogP contribution >= 0.6 is 0 Å². The van der Waals surface area contributed by atoms with E-state index in [2.05, 4.69) is 26.7 Å². The van der Waals surface area contributed by atoms with Crippen LogP contribution in [0, 0.1) is 11.3 Å². The van der Waals surface area contributed by atoms with E-state index in [1.54, 1.807) is 22.1 Å². The van der Waals surface area contributed by atoms with E-state index in [1.807, 2.05) is 18.0 Å². The van der Waals surface area contributed by atoms with Gasteiger partial charge in [-0.05, 0) is 31.5 Å². The molecule has 4 heterocycles. The van der Waals surface area contributed by atoms with E-state index >= 15 is 0 Å². The van der Waals surface area contributed by atoms with Gasteiger partial charge in [0.15, 0.2) is 0 Å². The Balaban J connectivity index is 1.52. The molecular weight excluding hydrogens is 508 g/mol. The highest BCUT2D eigenvalue weighted by Crippen LogP contribution is 2.32. The summed E-state index contributed by atoms with van der Waals surface area (Å²) in [6.45, 7) is 3.11. The van der Waals surface area contributed by atoms with Gasteiger partial charge in [-0.25, -0.2) is 9.78 Å². The van der Waals surface area contributed by atoms with Gasteiger partial charge < -0.3 is 15.0 Å². The summed E-state index contributed by atoms with van der Waals surface area (Å²) < 4.78 is 16.9. The number of likely N-dealkylation sites (N-methyl/N-ethyl adjacent to an activating group) is 1. The molecular formula is C25H32N8O4S. The predicted octanol–water partition coefficient (Wildman–Crippen LogP) is 1.41. The number of amides is 3. The smallest absolute Gasteiger partial charge is 0.328 e. The van der Waals surface area contributed by atoms with Gasteiger partial charge in [0.05, 0.1) is 31.5 Å². The SMILES string of the molecule is COc1nc2c(cc1CN1CCN(C)CC1=O)CCCN2C(=O)Nc1cc(NCCS(C)=O)c(C#N)cn1. The van der Waals surface area contributed by atoms with Gasteiger partial charge in [-0.2, -0.15) is 10.2 Å². The van der Waals surface area contributed by atoms with E-state index in [9.17, 15) is 19.1 Å². The third-order valence-corrected chi connectivity index (χ3v) is 7.25. The first kappa shape index (κ1) is 27.3. The van der Waals surface area contributed by atoms with Gasteiger partial charge in [0.1, 0.15) is 17.7 Å². The number of ether oxygens (including phenoxy) is 1. The van der Waals surface area contributed by atoms with E-state index < -0.39 is 16.8 Å². The summed E-state index contributed by atoms with van der Waals surface area (Å²) in [5.74, 6) is 1.66. The molecule has 0 bridgehead atoms. The molecule has 1 saturated heterocycles. The summed E-state index contributed by atoms with van der Waals surface area (Å²) in [5.41, 5.74) is 2.55. The number of anilines is 3. The fourth-order valence-electron chi connectivity index (χ4n) is 4.48. The number of piperazine rings is 1. The van der Waals surface area contributed by atoms with E-state index in [4.69, 9.17) is 4.74 Å². The molecule has 0 aliphatic carbocycles. The number of carbonyl (C=O) groups excluding carboxylic acids is 2. The number of urea groups is 1. The van der Waals surface area contributed by atoms with Crippen LogP contribution < -0.4 is 20.3 Å². The number of rotatable bonds is 8. The number of aromatic nitrogens is 2. The number of fused-ring (bicyclic) bond motifs is 1. The molecule has 2 N–H and O–H groups in total. The van der Waals surface area contributed by atoms with E-state index in [0.717, 1.165) is 30.5 Å². The first-order chi connectivity index (χ1) is 18.3. The molecule has 2 aliphatic heterocycles. The molecule has 202 valence electrons. The first-order valence-corrected chi connectivity index (χ1v) is 14.1. The lowest BCUT2D eigenvalue weighted by atomic mass is 10.0. The van der Waals surface area contributed by atoms with Gasteiger partial charge in [-0.3, -0.25) is 24.1 Å². The standard InChI is InChI=1S/C25H32N8O4S/c1-31-8-9-32(22(34)16-31)15-18-11-17-5-4-7-33(23(17)30-24(18)37-2)25(35)29-21-12-20(19(13-26)14-28-21)27-6-10-38(3)36/h11-12,14H,4-10,15-16H2,1-3H3,(H2,27,28,29,35). The number of aryl methyl sites for hydroxylation is 1. The Hall–Kier alpha value is -3.76. The van der Waals surface area contributed by atoms with Crippen LogP contribution in [0.15, 0.2) is 18.3 Å². The number of hydrogen-bond donors (Lipinski definition) is 2. The number of nitriles is 1. The van der Waals surface area contributed by atoms with Crippen molar-refractivity contribution in [1.29, 1.82) is 5.26 Å². The number of methoxy groups -OCH3 is 1.